The maximum Gasteiger partial charge on any atom is 0.412 e. The van der Waals surface area contributed by atoms with Crippen molar-refractivity contribution in [2.24, 2.45) is 0 Å². The van der Waals surface area contributed by atoms with Crippen molar-refractivity contribution in [1.29, 1.82) is 0 Å². The molecular weight excluding hydrogens is 444 g/mol. The van der Waals surface area contributed by atoms with Crippen LogP contribution in [0.5, 0.6) is 11.5 Å². The first-order chi connectivity index (χ1) is 16.3. The van der Waals surface area contributed by atoms with Gasteiger partial charge in [0, 0.05) is 18.4 Å². The first-order valence-corrected chi connectivity index (χ1v) is 10.4. The summed E-state index contributed by atoms with van der Waals surface area (Å²) < 4.78 is 21.9. The van der Waals surface area contributed by atoms with Crippen LogP contribution < -0.4 is 20.3 Å². The highest BCUT2D eigenvalue weighted by molar-refractivity contribution is 5.92. The molecule has 10 nitrogen and oxygen atoms in total. The summed E-state index contributed by atoms with van der Waals surface area (Å²) in [5.74, 6) is 0.461. The number of aliphatic hydroxyl groups is 1. The van der Waals surface area contributed by atoms with Crippen LogP contribution in [0.1, 0.15) is 25.5 Å². The van der Waals surface area contributed by atoms with E-state index in [4.69, 9.17) is 29.3 Å². The van der Waals surface area contributed by atoms with E-state index in [1.165, 1.54) is 14.0 Å². The topological polar surface area (TPSA) is 136 Å². The van der Waals surface area contributed by atoms with Crippen LogP contribution in [0.2, 0.25) is 0 Å². The quantitative estimate of drug-likeness (QED) is 0.221. The highest BCUT2D eigenvalue weighted by Crippen LogP contribution is 2.31. The summed E-state index contributed by atoms with van der Waals surface area (Å²) in [6.07, 6.45) is -2.53. The Morgan fingerprint density at radius 1 is 0.971 bits per heavy atom. The van der Waals surface area contributed by atoms with E-state index in [9.17, 15) is 9.59 Å². The zero-order valence-electron chi connectivity index (χ0n) is 19.5. The van der Waals surface area contributed by atoms with E-state index >= 15 is 0 Å². The summed E-state index contributed by atoms with van der Waals surface area (Å²) in [6.45, 7) is 3.19. The fraction of sp³-hybridized carbons (Fsp3) is 0.333. The number of hydrogen-bond donors (Lipinski definition) is 4. The van der Waals surface area contributed by atoms with Crippen LogP contribution in [0.4, 0.5) is 10.5 Å². The predicted octanol–water partition coefficient (Wildman–Crippen LogP) is 3.21. The number of amides is 2. The van der Waals surface area contributed by atoms with Crippen molar-refractivity contribution in [1.82, 2.24) is 5.48 Å². The van der Waals surface area contributed by atoms with Crippen molar-refractivity contribution >= 4 is 17.7 Å². The maximum atomic E-state index is 12.8. The van der Waals surface area contributed by atoms with Crippen LogP contribution in [0.25, 0.3) is 0 Å². The maximum absolute atomic E-state index is 12.8. The molecule has 0 heterocycles. The number of ether oxygens (including phenoxy) is 4. The van der Waals surface area contributed by atoms with Crippen LogP contribution in [-0.4, -0.2) is 55.9 Å². The molecule has 2 amide bonds. The second kappa shape index (κ2) is 13.2. The molecule has 0 aliphatic carbocycles. The Hall–Kier alpha value is -3.60. The normalized spacial score (nSPS) is 13.2. The van der Waals surface area contributed by atoms with E-state index < -0.39 is 24.2 Å². The number of anilines is 1. The minimum absolute atomic E-state index is 0.124. The van der Waals surface area contributed by atoms with Gasteiger partial charge >= 0.3 is 6.09 Å². The molecule has 0 bridgehead atoms. The molecule has 2 rings (SSSR count). The summed E-state index contributed by atoms with van der Waals surface area (Å²) in [5, 5.41) is 20.6. The number of hydrogen-bond acceptors (Lipinski definition) is 8. The van der Waals surface area contributed by atoms with Gasteiger partial charge in [0.15, 0.2) is 6.10 Å². The number of benzene rings is 2. The van der Waals surface area contributed by atoms with Crippen molar-refractivity contribution in [3.63, 3.8) is 0 Å². The molecule has 4 N–H and O–H groups in total. The highest BCUT2D eigenvalue weighted by atomic mass is 16.6. The Kier molecular flexibility index (Phi) is 10.3. The lowest BCUT2D eigenvalue weighted by molar-refractivity contribution is -0.125. The predicted molar refractivity (Wildman–Crippen MR) is 124 cm³/mol. The Morgan fingerprint density at radius 3 is 2.12 bits per heavy atom. The largest absolute Gasteiger partial charge is 0.497 e. The van der Waals surface area contributed by atoms with Gasteiger partial charge in [0.2, 0.25) is 0 Å². The van der Waals surface area contributed by atoms with Gasteiger partial charge in [-0.1, -0.05) is 12.1 Å². The van der Waals surface area contributed by atoms with E-state index in [0.29, 0.717) is 28.3 Å². The molecule has 0 spiro atoms. The van der Waals surface area contributed by atoms with Gasteiger partial charge in [-0.3, -0.25) is 15.3 Å². The van der Waals surface area contributed by atoms with Crippen LogP contribution in [0, 0.1) is 0 Å². The lowest BCUT2D eigenvalue weighted by Crippen LogP contribution is -2.31. The number of carbonyl (C=O) groups excluding carboxylic acids is 2. The Balaban J connectivity index is 2.35. The van der Waals surface area contributed by atoms with E-state index in [0.717, 1.165) is 0 Å². The molecule has 0 aliphatic heterocycles. The van der Waals surface area contributed by atoms with Crippen molar-refractivity contribution in [3.8, 4) is 11.5 Å². The third-order valence-electron chi connectivity index (χ3n) is 5.13. The standard InChI is InChI=1S/C24H30N2O8/c1-15(16(2)23(28)26-30)21(32-4)22(17-5-9-20(10-6-17)33-14-13-27)34-24(29)25-18-7-11-19(31-3)12-8-18/h5-12,21-22,27,30H,13-14H2,1-4H3,(H,25,29)(H,26,28)/b16-15+/t21-,22-/m0/s1. The first-order valence-electron chi connectivity index (χ1n) is 10.4. The molecule has 0 saturated carbocycles. The second-order valence-electron chi connectivity index (χ2n) is 7.23. The number of aliphatic hydroxyl groups excluding tert-OH is 1. The third kappa shape index (κ3) is 7.20. The molecule has 0 aliphatic rings. The van der Waals surface area contributed by atoms with Crippen molar-refractivity contribution in [2.75, 3.05) is 32.8 Å². The Labute approximate surface area is 198 Å². The van der Waals surface area contributed by atoms with Crippen molar-refractivity contribution < 1.29 is 38.9 Å². The fourth-order valence-corrected chi connectivity index (χ4v) is 3.16. The van der Waals surface area contributed by atoms with Gasteiger partial charge in [0.05, 0.1) is 13.7 Å². The molecule has 0 unspecified atom stereocenters. The SMILES string of the molecule is COc1ccc(NC(=O)O[C@@H](c2ccc(OCCO)cc2)[C@@H](OC)/C(C)=C(\C)C(=O)NO)cc1. The molecule has 0 fully saturated rings. The number of carbonyl (C=O) groups is 2. The summed E-state index contributed by atoms with van der Waals surface area (Å²) in [5.41, 5.74) is 3.33. The van der Waals surface area contributed by atoms with Crippen LogP contribution in [0.3, 0.4) is 0 Å². The van der Waals surface area contributed by atoms with E-state index in [2.05, 4.69) is 5.32 Å². The number of rotatable bonds is 11. The van der Waals surface area contributed by atoms with E-state index in [-0.39, 0.29) is 18.8 Å². The molecule has 34 heavy (non-hydrogen) atoms. The van der Waals surface area contributed by atoms with Crippen molar-refractivity contribution in [3.05, 3.63) is 65.2 Å². The van der Waals surface area contributed by atoms with Gasteiger partial charge < -0.3 is 24.1 Å². The molecule has 10 heteroatoms. The molecular formula is C24H30N2O8. The molecule has 0 saturated heterocycles. The smallest absolute Gasteiger partial charge is 0.412 e. The Bertz CT molecular complexity index is 973. The van der Waals surface area contributed by atoms with Crippen LogP contribution >= 0.6 is 0 Å². The summed E-state index contributed by atoms with van der Waals surface area (Å²) in [6, 6.07) is 13.4. The Morgan fingerprint density at radius 2 is 1.59 bits per heavy atom. The van der Waals surface area contributed by atoms with E-state index in [1.54, 1.807) is 68.0 Å². The number of nitrogens with one attached hydrogen (secondary N) is 2. The summed E-state index contributed by atoms with van der Waals surface area (Å²) >= 11 is 0. The van der Waals surface area contributed by atoms with Gasteiger partial charge in [-0.2, -0.15) is 0 Å². The monoisotopic (exact) mass is 474 g/mol. The lowest BCUT2D eigenvalue weighted by Gasteiger charge is -2.28. The summed E-state index contributed by atoms with van der Waals surface area (Å²) in [7, 11) is 2.97. The first kappa shape index (κ1) is 26.7. The zero-order valence-corrected chi connectivity index (χ0v) is 19.5. The molecule has 2 aromatic carbocycles. The second-order valence-corrected chi connectivity index (χ2v) is 7.23. The zero-order chi connectivity index (χ0) is 25.1. The average Bonchev–Trinajstić information content (AvgIpc) is 2.87. The molecule has 2 atom stereocenters. The summed E-state index contributed by atoms with van der Waals surface area (Å²) in [4.78, 5) is 24.7. The lowest BCUT2D eigenvalue weighted by atomic mass is 9.95. The fourth-order valence-electron chi connectivity index (χ4n) is 3.16. The number of methoxy groups -OCH3 is 2. The van der Waals surface area contributed by atoms with Gasteiger partial charge in [-0.05, 0) is 61.4 Å². The van der Waals surface area contributed by atoms with Gasteiger partial charge in [0.25, 0.3) is 5.91 Å². The van der Waals surface area contributed by atoms with Gasteiger partial charge in [-0.15, -0.1) is 0 Å². The highest BCUT2D eigenvalue weighted by Gasteiger charge is 2.30. The molecule has 0 radical (unpaired) electrons. The average molecular weight is 475 g/mol. The van der Waals surface area contributed by atoms with Crippen LogP contribution in [0.15, 0.2) is 59.7 Å². The van der Waals surface area contributed by atoms with Crippen molar-refractivity contribution in [2.45, 2.75) is 26.1 Å². The number of hydroxylamine groups is 1. The van der Waals surface area contributed by atoms with Crippen LogP contribution in [-0.2, 0) is 14.3 Å². The molecule has 184 valence electrons. The minimum atomic E-state index is -0.948. The van der Waals surface area contributed by atoms with Gasteiger partial charge in [-0.25, -0.2) is 10.3 Å². The molecule has 2 aromatic rings. The minimum Gasteiger partial charge on any atom is -0.497 e. The third-order valence-corrected chi connectivity index (χ3v) is 5.13. The van der Waals surface area contributed by atoms with Gasteiger partial charge in [0.1, 0.15) is 24.2 Å². The van der Waals surface area contributed by atoms with E-state index in [1.807, 2.05) is 0 Å². The molecule has 0 aromatic heterocycles.